The zero-order valence-electron chi connectivity index (χ0n) is 18.3. The number of anilines is 1. The van der Waals surface area contributed by atoms with Gasteiger partial charge in [-0.15, -0.1) is 0 Å². The van der Waals surface area contributed by atoms with E-state index < -0.39 is 0 Å². The SMILES string of the molecule is COc1cccc(-n2cccc2[C@@H]2[C@H](c3ccccn3)NC(=S)N2c2ccc(F)c(C)c2)c1. The summed E-state index contributed by atoms with van der Waals surface area (Å²) in [5.74, 6) is 0.536. The maximum absolute atomic E-state index is 14.1. The molecule has 0 saturated carbocycles. The smallest absolute Gasteiger partial charge is 0.174 e. The van der Waals surface area contributed by atoms with Gasteiger partial charge in [0.1, 0.15) is 17.6 Å². The van der Waals surface area contributed by atoms with Gasteiger partial charge in [0.25, 0.3) is 0 Å². The zero-order valence-corrected chi connectivity index (χ0v) is 19.1. The lowest BCUT2D eigenvalue weighted by atomic mass is 10.0. The minimum absolute atomic E-state index is 0.191. The molecule has 4 aromatic rings. The Balaban J connectivity index is 1.67. The van der Waals surface area contributed by atoms with E-state index in [0.717, 1.165) is 28.5 Å². The van der Waals surface area contributed by atoms with Crippen molar-refractivity contribution < 1.29 is 9.13 Å². The summed E-state index contributed by atoms with van der Waals surface area (Å²) in [6, 6.07) is 22.5. The van der Waals surface area contributed by atoms with Crippen molar-refractivity contribution in [3.05, 3.63) is 108 Å². The number of halogens is 1. The van der Waals surface area contributed by atoms with Crippen LogP contribution in [0, 0.1) is 12.7 Å². The van der Waals surface area contributed by atoms with Crippen molar-refractivity contribution in [2.24, 2.45) is 0 Å². The maximum atomic E-state index is 14.1. The Morgan fingerprint density at radius 3 is 2.64 bits per heavy atom. The van der Waals surface area contributed by atoms with E-state index in [1.165, 1.54) is 6.07 Å². The molecule has 1 aliphatic heterocycles. The molecule has 0 spiro atoms. The van der Waals surface area contributed by atoms with Crippen LogP contribution in [0.25, 0.3) is 5.69 Å². The predicted octanol–water partition coefficient (Wildman–Crippen LogP) is 5.51. The first-order chi connectivity index (χ1) is 16.1. The number of rotatable bonds is 5. The second-order valence-electron chi connectivity index (χ2n) is 7.93. The lowest BCUT2D eigenvalue weighted by Crippen LogP contribution is -2.30. The molecule has 0 amide bonds. The Labute approximate surface area is 197 Å². The van der Waals surface area contributed by atoms with Crippen molar-refractivity contribution in [1.82, 2.24) is 14.9 Å². The van der Waals surface area contributed by atoms with E-state index in [0.29, 0.717) is 10.7 Å². The van der Waals surface area contributed by atoms with E-state index in [-0.39, 0.29) is 17.9 Å². The maximum Gasteiger partial charge on any atom is 0.174 e. The molecule has 166 valence electrons. The minimum atomic E-state index is -0.241. The second kappa shape index (κ2) is 8.67. The molecule has 1 N–H and O–H groups in total. The molecule has 2 aromatic carbocycles. The third kappa shape index (κ3) is 3.85. The molecular formula is C26H23FN4OS. The van der Waals surface area contributed by atoms with Gasteiger partial charge in [0.2, 0.25) is 0 Å². The predicted molar refractivity (Wildman–Crippen MR) is 131 cm³/mol. The number of benzene rings is 2. The summed E-state index contributed by atoms with van der Waals surface area (Å²) < 4.78 is 21.6. The van der Waals surface area contributed by atoms with Gasteiger partial charge in [-0.1, -0.05) is 12.1 Å². The van der Waals surface area contributed by atoms with Crippen molar-refractivity contribution in [3.8, 4) is 11.4 Å². The Morgan fingerprint density at radius 1 is 1.00 bits per heavy atom. The highest BCUT2D eigenvalue weighted by Gasteiger charge is 2.42. The number of thiocarbonyl (C=S) groups is 1. The fourth-order valence-electron chi connectivity index (χ4n) is 4.34. The molecule has 33 heavy (non-hydrogen) atoms. The topological polar surface area (TPSA) is 42.3 Å². The van der Waals surface area contributed by atoms with Crippen LogP contribution in [0.1, 0.15) is 29.0 Å². The zero-order chi connectivity index (χ0) is 22.9. The molecule has 0 radical (unpaired) electrons. The van der Waals surface area contributed by atoms with E-state index >= 15 is 0 Å². The van der Waals surface area contributed by atoms with E-state index in [4.69, 9.17) is 17.0 Å². The van der Waals surface area contributed by atoms with Crippen LogP contribution in [-0.2, 0) is 0 Å². The van der Waals surface area contributed by atoms with Crippen LogP contribution in [0.5, 0.6) is 5.75 Å². The largest absolute Gasteiger partial charge is 0.497 e. The van der Waals surface area contributed by atoms with Crippen molar-refractivity contribution in [2.75, 3.05) is 12.0 Å². The Hall–Kier alpha value is -3.71. The van der Waals surface area contributed by atoms with Crippen LogP contribution in [0.15, 0.2) is 85.2 Å². The number of aromatic nitrogens is 2. The van der Waals surface area contributed by atoms with Crippen molar-refractivity contribution in [2.45, 2.75) is 19.0 Å². The van der Waals surface area contributed by atoms with Gasteiger partial charge in [0, 0.05) is 35.5 Å². The summed E-state index contributed by atoms with van der Waals surface area (Å²) in [5, 5.41) is 4.03. The highest BCUT2D eigenvalue weighted by molar-refractivity contribution is 7.80. The van der Waals surface area contributed by atoms with Gasteiger partial charge in [0.15, 0.2) is 5.11 Å². The molecule has 2 aromatic heterocycles. The van der Waals surface area contributed by atoms with Crippen LogP contribution in [-0.4, -0.2) is 21.8 Å². The van der Waals surface area contributed by atoms with Gasteiger partial charge in [-0.25, -0.2) is 4.39 Å². The highest BCUT2D eigenvalue weighted by Crippen LogP contribution is 2.42. The van der Waals surface area contributed by atoms with Crippen molar-refractivity contribution in [1.29, 1.82) is 0 Å². The summed E-state index contributed by atoms with van der Waals surface area (Å²) in [5.41, 5.74) is 4.27. The molecule has 0 unspecified atom stereocenters. The molecule has 1 saturated heterocycles. The summed E-state index contributed by atoms with van der Waals surface area (Å²) in [6.45, 7) is 1.76. The summed E-state index contributed by atoms with van der Waals surface area (Å²) >= 11 is 5.79. The number of ether oxygens (including phenoxy) is 1. The third-order valence-electron chi connectivity index (χ3n) is 5.93. The molecule has 2 atom stereocenters. The average Bonchev–Trinajstić information content (AvgIpc) is 3.46. The Morgan fingerprint density at radius 2 is 1.88 bits per heavy atom. The Kier molecular flexibility index (Phi) is 5.56. The normalized spacial score (nSPS) is 17.8. The van der Waals surface area contributed by atoms with Crippen LogP contribution in [0.3, 0.4) is 0 Å². The first-order valence-corrected chi connectivity index (χ1v) is 11.1. The van der Waals surface area contributed by atoms with Crippen LogP contribution in [0.4, 0.5) is 10.1 Å². The average molecular weight is 459 g/mol. The lowest BCUT2D eigenvalue weighted by Gasteiger charge is -2.29. The van der Waals surface area contributed by atoms with Gasteiger partial charge in [-0.05, 0) is 79.3 Å². The van der Waals surface area contributed by atoms with Crippen LogP contribution >= 0.6 is 12.2 Å². The number of aryl methyl sites for hydroxylation is 1. The number of nitrogens with zero attached hydrogens (tertiary/aromatic N) is 3. The molecule has 5 nitrogen and oxygen atoms in total. The van der Waals surface area contributed by atoms with Gasteiger partial charge >= 0.3 is 0 Å². The molecule has 5 rings (SSSR count). The molecule has 0 bridgehead atoms. The molecule has 7 heteroatoms. The third-order valence-corrected chi connectivity index (χ3v) is 6.25. The summed E-state index contributed by atoms with van der Waals surface area (Å²) in [4.78, 5) is 6.66. The highest BCUT2D eigenvalue weighted by atomic mass is 32.1. The lowest BCUT2D eigenvalue weighted by molar-refractivity contribution is 0.414. The monoisotopic (exact) mass is 458 g/mol. The van der Waals surface area contributed by atoms with Gasteiger partial charge in [-0.2, -0.15) is 0 Å². The molecular weight excluding hydrogens is 435 g/mol. The summed E-state index contributed by atoms with van der Waals surface area (Å²) in [6.07, 6.45) is 3.80. The second-order valence-corrected chi connectivity index (χ2v) is 8.32. The fourth-order valence-corrected chi connectivity index (χ4v) is 4.69. The molecule has 1 fully saturated rings. The molecule has 3 heterocycles. The van der Waals surface area contributed by atoms with E-state index in [2.05, 4.69) is 20.9 Å². The van der Waals surface area contributed by atoms with E-state index in [1.54, 1.807) is 26.3 Å². The number of hydrogen-bond acceptors (Lipinski definition) is 3. The number of pyridine rings is 1. The molecule has 1 aliphatic rings. The van der Waals surface area contributed by atoms with Gasteiger partial charge in [-0.3, -0.25) is 4.98 Å². The minimum Gasteiger partial charge on any atom is -0.497 e. The van der Waals surface area contributed by atoms with Crippen molar-refractivity contribution >= 4 is 23.0 Å². The first kappa shape index (κ1) is 21.2. The first-order valence-electron chi connectivity index (χ1n) is 10.7. The van der Waals surface area contributed by atoms with Gasteiger partial charge in [0.05, 0.1) is 18.8 Å². The standard InChI is InChI=1S/C26H23FN4OS/c1-17-15-19(11-12-21(17)27)31-25(24(29-26(31)33)22-9-3-4-13-28-22)23-10-6-14-30(23)18-7-5-8-20(16-18)32-2/h3-16,24-25H,1-2H3,(H,29,33)/t24-,25+/m0/s1. The van der Waals surface area contributed by atoms with Crippen molar-refractivity contribution in [3.63, 3.8) is 0 Å². The van der Waals surface area contributed by atoms with Crippen LogP contribution in [0.2, 0.25) is 0 Å². The quantitative estimate of drug-likeness (QED) is 0.400. The van der Waals surface area contributed by atoms with E-state index in [9.17, 15) is 4.39 Å². The summed E-state index contributed by atoms with van der Waals surface area (Å²) in [7, 11) is 1.66. The Bertz CT molecular complexity index is 1310. The number of methoxy groups -OCH3 is 1. The molecule has 0 aliphatic carbocycles. The van der Waals surface area contributed by atoms with Gasteiger partial charge < -0.3 is 19.5 Å². The van der Waals surface area contributed by atoms with Crippen LogP contribution < -0.4 is 15.0 Å². The number of hydrogen-bond donors (Lipinski definition) is 1. The number of nitrogens with one attached hydrogen (secondary N) is 1. The fraction of sp³-hybridized carbons (Fsp3) is 0.154. The van der Waals surface area contributed by atoms with E-state index in [1.807, 2.05) is 65.7 Å².